The van der Waals surface area contributed by atoms with Gasteiger partial charge in [0.05, 0.1) is 18.5 Å². The molecule has 0 aromatic carbocycles. The zero-order valence-electron chi connectivity index (χ0n) is 11.2. The zero-order chi connectivity index (χ0) is 14.4. The van der Waals surface area contributed by atoms with E-state index >= 15 is 0 Å². The van der Waals surface area contributed by atoms with Crippen molar-refractivity contribution in [2.24, 2.45) is 5.92 Å². The Morgan fingerprint density at radius 3 is 2.74 bits per heavy atom. The first-order valence-electron chi connectivity index (χ1n) is 5.95. The number of hydrogen-bond donors (Lipinski definition) is 1. The third kappa shape index (κ3) is 4.87. The number of esters is 1. The molecule has 1 amide bonds. The SMILES string of the molecule is COC(=O)CCC(C)C(=O)Nc1ccc(Cl)nc1C. The van der Waals surface area contributed by atoms with E-state index in [-0.39, 0.29) is 24.2 Å². The fourth-order valence-corrected chi connectivity index (χ4v) is 1.68. The molecular weight excluding hydrogens is 268 g/mol. The van der Waals surface area contributed by atoms with Crippen LogP contribution in [0.2, 0.25) is 5.15 Å². The van der Waals surface area contributed by atoms with E-state index in [1.165, 1.54) is 7.11 Å². The Hall–Kier alpha value is -1.62. The summed E-state index contributed by atoms with van der Waals surface area (Å²) in [5, 5.41) is 3.15. The Bertz CT molecular complexity index is 477. The lowest BCUT2D eigenvalue weighted by Gasteiger charge is -2.12. The minimum absolute atomic E-state index is 0.156. The number of carbonyl (C=O) groups is 2. The molecule has 0 aliphatic rings. The molecule has 0 bridgehead atoms. The predicted octanol–water partition coefficient (Wildman–Crippen LogP) is 2.57. The molecule has 5 nitrogen and oxygen atoms in total. The number of amides is 1. The first-order chi connectivity index (χ1) is 8.93. The molecule has 0 spiro atoms. The predicted molar refractivity (Wildman–Crippen MR) is 73.0 cm³/mol. The van der Waals surface area contributed by atoms with Gasteiger partial charge in [0.15, 0.2) is 0 Å². The van der Waals surface area contributed by atoms with Crippen LogP contribution in [0, 0.1) is 12.8 Å². The van der Waals surface area contributed by atoms with E-state index in [0.29, 0.717) is 23.0 Å². The molecule has 1 N–H and O–H groups in total. The van der Waals surface area contributed by atoms with Crippen molar-refractivity contribution in [3.05, 3.63) is 23.0 Å². The molecular formula is C13H17ClN2O3. The Balaban J connectivity index is 2.56. The van der Waals surface area contributed by atoms with Gasteiger partial charge < -0.3 is 10.1 Å². The van der Waals surface area contributed by atoms with Crippen LogP contribution in [0.5, 0.6) is 0 Å². The van der Waals surface area contributed by atoms with Gasteiger partial charge in [-0.05, 0) is 25.5 Å². The van der Waals surface area contributed by atoms with Crippen LogP contribution in [0.25, 0.3) is 0 Å². The third-order valence-electron chi connectivity index (χ3n) is 2.77. The fourth-order valence-electron chi connectivity index (χ4n) is 1.49. The average Bonchev–Trinajstić information content (AvgIpc) is 2.38. The number of halogens is 1. The van der Waals surface area contributed by atoms with Gasteiger partial charge in [0.1, 0.15) is 5.15 Å². The number of ether oxygens (including phenoxy) is 1. The van der Waals surface area contributed by atoms with Crippen LogP contribution in [-0.4, -0.2) is 24.0 Å². The number of nitrogens with one attached hydrogen (secondary N) is 1. The van der Waals surface area contributed by atoms with Gasteiger partial charge >= 0.3 is 5.97 Å². The summed E-state index contributed by atoms with van der Waals surface area (Å²) in [5.74, 6) is -0.755. The van der Waals surface area contributed by atoms with Crippen molar-refractivity contribution in [2.45, 2.75) is 26.7 Å². The number of anilines is 1. The Morgan fingerprint density at radius 1 is 1.47 bits per heavy atom. The second-order valence-corrected chi connectivity index (χ2v) is 4.66. The molecule has 0 aliphatic carbocycles. The number of aryl methyl sites for hydroxylation is 1. The van der Waals surface area contributed by atoms with Crippen molar-refractivity contribution in [3.8, 4) is 0 Å². The summed E-state index contributed by atoms with van der Waals surface area (Å²) in [6.07, 6.45) is 0.668. The van der Waals surface area contributed by atoms with Crippen LogP contribution in [0.15, 0.2) is 12.1 Å². The van der Waals surface area contributed by atoms with Gasteiger partial charge in [0.25, 0.3) is 0 Å². The van der Waals surface area contributed by atoms with Gasteiger partial charge in [-0.3, -0.25) is 9.59 Å². The molecule has 1 aromatic heterocycles. The van der Waals surface area contributed by atoms with E-state index in [1.807, 2.05) is 0 Å². The molecule has 0 saturated carbocycles. The summed E-state index contributed by atoms with van der Waals surface area (Å²) >= 11 is 5.74. The van der Waals surface area contributed by atoms with Gasteiger partial charge in [-0.25, -0.2) is 4.98 Å². The number of nitrogens with zero attached hydrogens (tertiary/aromatic N) is 1. The molecule has 1 atom stereocenters. The summed E-state index contributed by atoms with van der Waals surface area (Å²) in [6.45, 7) is 3.53. The van der Waals surface area contributed by atoms with Crippen molar-refractivity contribution in [1.29, 1.82) is 0 Å². The van der Waals surface area contributed by atoms with Crippen LogP contribution in [0.3, 0.4) is 0 Å². The van der Waals surface area contributed by atoms with Crippen molar-refractivity contribution >= 4 is 29.2 Å². The molecule has 1 unspecified atom stereocenters. The number of aromatic nitrogens is 1. The maximum Gasteiger partial charge on any atom is 0.305 e. The first kappa shape index (κ1) is 15.4. The minimum atomic E-state index is -0.316. The molecule has 0 radical (unpaired) electrons. The quantitative estimate of drug-likeness (QED) is 0.666. The number of carbonyl (C=O) groups excluding carboxylic acids is 2. The number of methoxy groups -OCH3 is 1. The summed E-state index contributed by atoms with van der Waals surface area (Å²) in [6, 6.07) is 3.32. The summed E-state index contributed by atoms with van der Waals surface area (Å²) in [5.41, 5.74) is 1.28. The Morgan fingerprint density at radius 2 is 2.16 bits per heavy atom. The van der Waals surface area contributed by atoms with Gasteiger partial charge in [-0.2, -0.15) is 0 Å². The summed E-state index contributed by atoms with van der Waals surface area (Å²) < 4.78 is 4.54. The van der Waals surface area contributed by atoms with E-state index in [1.54, 1.807) is 26.0 Å². The number of pyridine rings is 1. The lowest BCUT2D eigenvalue weighted by Crippen LogP contribution is -2.22. The molecule has 0 aliphatic heterocycles. The van der Waals surface area contributed by atoms with Gasteiger partial charge in [-0.15, -0.1) is 0 Å². The van der Waals surface area contributed by atoms with Gasteiger partial charge in [-0.1, -0.05) is 18.5 Å². The normalized spacial score (nSPS) is 11.8. The van der Waals surface area contributed by atoms with Crippen molar-refractivity contribution in [2.75, 3.05) is 12.4 Å². The second kappa shape index (κ2) is 7.09. The highest BCUT2D eigenvalue weighted by Gasteiger charge is 2.16. The molecule has 1 rings (SSSR count). The minimum Gasteiger partial charge on any atom is -0.469 e. The molecule has 19 heavy (non-hydrogen) atoms. The van der Waals surface area contributed by atoms with Crippen LogP contribution in [0.4, 0.5) is 5.69 Å². The maximum absolute atomic E-state index is 11.9. The second-order valence-electron chi connectivity index (χ2n) is 4.27. The first-order valence-corrected chi connectivity index (χ1v) is 6.32. The highest BCUT2D eigenvalue weighted by Crippen LogP contribution is 2.17. The number of hydrogen-bond acceptors (Lipinski definition) is 4. The molecule has 0 saturated heterocycles. The van der Waals surface area contributed by atoms with E-state index in [0.717, 1.165) is 0 Å². The standard InChI is InChI=1S/C13H17ClN2O3/c1-8(4-7-12(17)19-3)13(18)16-10-5-6-11(14)15-9(10)2/h5-6,8H,4,7H2,1-3H3,(H,16,18). The smallest absolute Gasteiger partial charge is 0.305 e. The fraction of sp³-hybridized carbons (Fsp3) is 0.462. The summed E-state index contributed by atoms with van der Waals surface area (Å²) in [7, 11) is 1.33. The summed E-state index contributed by atoms with van der Waals surface area (Å²) in [4.78, 5) is 27.0. The molecule has 0 fully saturated rings. The average molecular weight is 285 g/mol. The van der Waals surface area contributed by atoms with Crippen LogP contribution in [-0.2, 0) is 14.3 Å². The Labute approximate surface area is 117 Å². The Kier molecular flexibility index (Phi) is 5.76. The molecule has 1 aromatic rings. The van der Waals surface area contributed by atoms with Gasteiger partial charge in [0, 0.05) is 12.3 Å². The van der Waals surface area contributed by atoms with Crippen molar-refractivity contribution < 1.29 is 14.3 Å². The van der Waals surface area contributed by atoms with Crippen LogP contribution in [0.1, 0.15) is 25.5 Å². The number of rotatable bonds is 5. The monoisotopic (exact) mass is 284 g/mol. The van der Waals surface area contributed by atoms with Crippen LogP contribution < -0.4 is 5.32 Å². The topological polar surface area (TPSA) is 68.3 Å². The van der Waals surface area contributed by atoms with Crippen molar-refractivity contribution in [3.63, 3.8) is 0 Å². The molecule has 1 heterocycles. The van der Waals surface area contributed by atoms with Crippen molar-refractivity contribution in [1.82, 2.24) is 4.98 Å². The largest absolute Gasteiger partial charge is 0.469 e. The van der Waals surface area contributed by atoms with Crippen LogP contribution >= 0.6 is 11.6 Å². The van der Waals surface area contributed by atoms with Gasteiger partial charge in [0.2, 0.25) is 5.91 Å². The lowest BCUT2D eigenvalue weighted by molar-refractivity contribution is -0.141. The highest BCUT2D eigenvalue weighted by molar-refractivity contribution is 6.29. The lowest BCUT2D eigenvalue weighted by atomic mass is 10.0. The zero-order valence-corrected chi connectivity index (χ0v) is 12.0. The maximum atomic E-state index is 11.9. The van der Waals surface area contributed by atoms with E-state index < -0.39 is 0 Å². The van der Waals surface area contributed by atoms with E-state index in [2.05, 4.69) is 15.0 Å². The molecule has 6 heteroatoms. The molecule has 104 valence electrons. The third-order valence-corrected chi connectivity index (χ3v) is 2.98. The highest BCUT2D eigenvalue weighted by atomic mass is 35.5. The van der Waals surface area contributed by atoms with E-state index in [4.69, 9.17) is 11.6 Å². The van der Waals surface area contributed by atoms with E-state index in [9.17, 15) is 9.59 Å².